The second-order valence-corrected chi connectivity index (χ2v) is 6.87. The van der Waals surface area contributed by atoms with Crippen molar-refractivity contribution in [2.24, 2.45) is 0 Å². The summed E-state index contributed by atoms with van der Waals surface area (Å²) in [5.41, 5.74) is 3.16. The van der Waals surface area contributed by atoms with E-state index in [0.717, 1.165) is 22.0 Å². The van der Waals surface area contributed by atoms with Crippen LogP contribution in [0.25, 0.3) is 22.0 Å². The smallest absolute Gasteiger partial charge is 0.412 e. The first kappa shape index (κ1) is 17.4. The summed E-state index contributed by atoms with van der Waals surface area (Å²) in [5.74, 6) is 0. The molecule has 0 aliphatic carbocycles. The Kier molecular flexibility index (Phi) is 4.59. The number of hydrogen-bond donors (Lipinski definition) is 1. The molecular formula is C21H19N3O2. The highest BCUT2D eigenvalue weighted by Crippen LogP contribution is 2.31. The van der Waals surface area contributed by atoms with Crippen LogP contribution in [-0.2, 0) is 4.74 Å². The lowest BCUT2D eigenvalue weighted by Gasteiger charge is -2.19. The molecule has 130 valence electrons. The molecule has 0 saturated carbocycles. The van der Waals surface area contributed by atoms with Gasteiger partial charge in [-0.3, -0.25) is 10.3 Å². The monoisotopic (exact) mass is 345 g/mol. The molecule has 0 aliphatic heterocycles. The van der Waals surface area contributed by atoms with Crippen LogP contribution in [0, 0.1) is 11.3 Å². The third-order valence-electron chi connectivity index (χ3n) is 3.73. The van der Waals surface area contributed by atoms with E-state index in [0.29, 0.717) is 11.3 Å². The molecule has 1 N–H and O–H groups in total. The summed E-state index contributed by atoms with van der Waals surface area (Å²) in [6.07, 6.45) is 1.19. The minimum Gasteiger partial charge on any atom is -0.444 e. The van der Waals surface area contributed by atoms with Gasteiger partial charge in [0.1, 0.15) is 5.60 Å². The second-order valence-electron chi connectivity index (χ2n) is 6.87. The normalized spacial score (nSPS) is 11.0. The zero-order chi connectivity index (χ0) is 18.7. The Morgan fingerprint density at radius 2 is 1.88 bits per heavy atom. The van der Waals surface area contributed by atoms with Crippen molar-refractivity contribution < 1.29 is 9.53 Å². The average Bonchev–Trinajstić information content (AvgIpc) is 2.59. The fourth-order valence-corrected chi connectivity index (χ4v) is 2.70. The van der Waals surface area contributed by atoms with Gasteiger partial charge in [0.05, 0.1) is 17.1 Å². The van der Waals surface area contributed by atoms with Crippen molar-refractivity contribution in [1.29, 1.82) is 5.26 Å². The molecule has 26 heavy (non-hydrogen) atoms. The zero-order valence-corrected chi connectivity index (χ0v) is 14.9. The number of pyridine rings is 1. The van der Waals surface area contributed by atoms with E-state index in [1.165, 1.54) is 0 Å². The van der Waals surface area contributed by atoms with E-state index in [2.05, 4.69) is 16.4 Å². The predicted octanol–water partition coefficient (Wildman–Crippen LogP) is 5.12. The number of nitrogens with one attached hydrogen (secondary N) is 1. The van der Waals surface area contributed by atoms with Gasteiger partial charge in [-0.25, -0.2) is 4.79 Å². The van der Waals surface area contributed by atoms with Crippen LogP contribution < -0.4 is 5.32 Å². The van der Waals surface area contributed by atoms with Crippen molar-refractivity contribution in [2.75, 3.05) is 5.32 Å². The lowest BCUT2D eigenvalue weighted by atomic mass is 9.97. The van der Waals surface area contributed by atoms with Crippen molar-refractivity contribution in [2.45, 2.75) is 26.4 Å². The first-order valence-corrected chi connectivity index (χ1v) is 8.26. The van der Waals surface area contributed by atoms with Crippen LogP contribution in [0.4, 0.5) is 10.5 Å². The summed E-state index contributed by atoms with van der Waals surface area (Å²) in [6.45, 7) is 5.44. The molecule has 0 saturated heterocycles. The third kappa shape index (κ3) is 3.81. The molecule has 2 aromatic carbocycles. The molecule has 5 nitrogen and oxygen atoms in total. The molecule has 3 aromatic rings. The molecule has 1 aromatic heterocycles. The van der Waals surface area contributed by atoms with Gasteiger partial charge < -0.3 is 4.74 Å². The van der Waals surface area contributed by atoms with Crippen molar-refractivity contribution in [3.05, 3.63) is 60.3 Å². The van der Waals surface area contributed by atoms with Crippen LogP contribution >= 0.6 is 0 Å². The summed E-state index contributed by atoms with van der Waals surface area (Å²) < 4.78 is 5.27. The first-order valence-electron chi connectivity index (χ1n) is 8.26. The quantitative estimate of drug-likeness (QED) is 0.699. The number of nitrogens with zero attached hydrogens (tertiary/aromatic N) is 2. The molecule has 0 spiro atoms. The van der Waals surface area contributed by atoms with Crippen LogP contribution in [0.3, 0.4) is 0 Å². The Morgan fingerprint density at radius 3 is 2.62 bits per heavy atom. The van der Waals surface area contributed by atoms with Gasteiger partial charge in [-0.15, -0.1) is 0 Å². The highest BCUT2D eigenvalue weighted by Gasteiger charge is 2.16. The summed E-state index contributed by atoms with van der Waals surface area (Å²) in [5, 5.41) is 13.0. The Balaban J connectivity index is 1.98. The second kappa shape index (κ2) is 6.85. The summed E-state index contributed by atoms with van der Waals surface area (Å²) in [4.78, 5) is 16.3. The largest absolute Gasteiger partial charge is 0.444 e. The molecule has 0 unspecified atom stereocenters. The van der Waals surface area contributed by atoms with Crippen LogP contribution in [0.1, 0.15) is 26.3 Å². The number of hydrogen-bond acceptors (Lipinski definition) is 4. The summed E-state index contributed by atoms with van der Waals surface area (Å²) in [6, 6.07) is 17.0. The SMILES string of the molecule is CC(C)(C)OC(=O)Nc1ccc2c(-c3ccccc3C#N)ccnc2c1. The maximum atomic E-state index is 11.9. The van der Waals surface area contributed by atoms with Gasteiger partial charge in [0.2, 0.25) is 0 Å². The predicted molar refractivity (Wildman–Crippen MR) is 102 cm³/mol. The van der Waals surface area contributed by atoms with Crippen molar-refractivity contribution in [1.82, 2.24) is 4.98 Å². The molecule has 1 heterocycles. The Labute approximate surface area is 152 Å². The number of fused-ring (bicyclic) bond motifs is 1. The zero-order valence-electron chi connectivity index (χ0n) is 14.9. The number of carbonyl (C=O) groups is 1. The van der Waals surface area contributed by atoms with E-state index in [9.17, 15) is 10.1 Å². The number of nitriles is 1. The van der Waals surface area contributed by atoms with Crippen LogP contribution in [0.5, 0.6) is 0 Å². The Hall–Kier alpha value is -3.39. The molecule has 3 rings (SSSR count). The van der Waals surface area contributed by atoms with Crippen molar-refractivity contribution in [3.8, 4) is 17.2 Å². The molecule has 5 heteroatoms. The average molecular weight is 345 g/mol. The maximum Gasteiger partial charge on any atom is 0.412 e. The molecule has 0 radical (unpaired) electrons. The molecular weight excluding hydrogens is 326 g/mol. The number of aromatic nitrogens is 1. The third-order valence-corrected chi connectivity index (χ3v) is 3.73. The van der Waals surface area contributed by atoms with Gasteiger partial charge in [0.25, 0.3) is 0 Å². The molecule has 0 aliphatic rings. The number of carbonyl (C=O) groups excluding carboxylic acids is 1. The topological polar surface area (TPSA) is 75.0 Å². The number of benzene rings is 2. The fraction of sp³-hybridized carbons (Fsp3) is 0.190. The first-order chi connectivity index (χ1) is 12.4. The van der Waals surface area contributed by atoms with E-state index < -0.39 is 11.7 Å². The highest BCUT2D eigenvalue weighted by atomic mass is 16.6. The number of rotatable bonds is 2. The highest BCUT2D eigenvalue weighted by molar-refractivity contribution is 5.98. The van der Waals surface area contributed by atoms with Crippen LogP contribution in [0.2, 0.25) is 0 Å². The molecule has 0 bridgehead atoms. The Morgan fingerprint density at radius 1 is 1.12 bits per heavy atom. The van der Waals surface area contributed by atoms with Crippen molar-refractivity contribution in [3.63, 3.8) is 0 Å². The van der Waals surface area contributed by atoms with E-state index in [4.69, 9.17) is 4.74 Å². The Bertz CT molecular complexity index is 1010. The van der Waals surface area contributed by atoms with Crippen LogP contribution in [-0.4, -0.2) is 16.7 Å². The lowest BCUT2D eigenvalue weighted by molar-refractivity contribution is 0.0636. The number of amides is 1. The summed E-state index contributed by atoms with van der Waals surface area (Å²) >= 11 is 0. The van der Waals surface area contributed by atoms with E-state index in [1.54, 1.807) is 24.4 Å². The molecule has 0 atom stereocenters. The van der Waals surface area contributed by atoms with E-state index in [-0.39, 0.29) is 0 Å². The standard InChI is InChI=1S/C21H19N3O2/c1-21(2,3)26-20(25)24-15-8-9-18-17(10-11-23-19(18)12-15)16-7-5-4-6-14(16)13-22/h4-12H,1-3H3,(H,24,25). The minimum absolute atomic E-state index is 0.511. The van der Waals surface area contributed by atoms with Gasteiger partial charge in [-0.2, -0.15) is 5.26 Å². The van der Waals surface area contributed by atoms with Gasteiger partial charge in [-0.05, 0) is 50.6 Å². The van der Waals surface area contributed by atoms with E-state index in [1.807, 2.05) is 51.1 Å². The number of ether oxygens (including phenoxy) is 1. The fourth-order valence-electron chi connectivity index (χ4n) is 2.70. The van der Waals surface area contributed by atoms with Gasteiger partial charge in [-0.1, -0.05) is 24.3 Å². The maximum absolute atomic E-state index is 11.9. The van der Waals surface area contributed by atoms with Gasteiger partial charge in [0, 0.05) is 22.8 Å². The van der Waals surface area contributed by atoms with Gasteiger partial charge >= 0.3 is 6.09 Å². The minimum atomic E-state index is -0.562. The number of anilines is 1. The van der Waals surface area contributed by atoms with Crippen molar-refractivity contribution >= 4 is 22.7 Å². The lowest BCUT2D eigenvalue weighted by Crippen LogP contribution is -2.27. The summed E-state index contributed by atoms with van der Waals surface area (Å²) in [7, 11) is 0. The molecule has 1 amide bonds. The van der Waals surface area contributed by atoms with E-state index >= 15 is 0 Å². The molecule has 0 fully saturated rings. The van der Waals surface area contributed by atoms with Gasteiger partial charge in [0.15, 0.2) is 0 Å². The van der Waals surface area contributed by atoms with Crippen LogP contribution in [0.15, 0.2) is 54.7 Å².